The predicted octanol–water partition coefficient (Wildman–Crippen LogP) is 3.52. The standard InChI is InChI=1S/C19H18O3/c1-2-5-14(6-3-1)13-21-16-9-8-15-11-19-17(7-4-10-20-19)22-18(15)12-16/h1-9,12,17,19H,10-11,13H2/t17-,19+/m1/s1. The van der Waals surface area contributed by atoms with E-state index >= 15 is 0 Å². The summed E-state index contributed by atoms with van der Waals surface area (Å²) in [6.07, 6.45) is 5.15. The van der Waals surface area contributed by atoms with Crippen LogP contribution >= 0.6 is 0 Å². The molecular weight excluding hydrogens is 276 g/mol. The van der Waals surface area contributed by atoms with Gasteiger partial charge in [-0.05, 0) is 23.3 Å². The Morgan fingerprint density at radius 3 is 2.91 bits per heavy atom. The molecule has 0 amide bonds. The maximum Gasteiger partial charge on any atom is 0.143 e. The van der Waals surface area contributed by atoms with Crippen LogP contribution in [0.4, 0.5) is 0 Å². The number of benzene rings is 2. The molecule has 4 rings (SSSR count). The monoisotopic (exact) mass is 294 g/mol. The summed E-state index contributed by atoms with van der Waals surface area (Å²) >= 11 is 0. The second-order valence-corrected chi connectivity index (χ2v) is 5.63. The minimum absolute atomic E-state index is 0.0191. The summed E-state index contributed by atoms with van der Waals surface area (Å²) in [4.78, 5) is 0. The second kappa shape index (κ2) is 5.85. The molecule has 0 fully saturated rings. The molecule has 0 spiro atoms. The predicted molar refractivity (Wildman–Crippen MR) is 84.2 cm³/mol. The molecule has 0 bridgehead atoms. The first-order valence-corrected chi connectivity index (χ1v) is 7.63. The van der Waals surface area contributed by atoms with Crippen LogP contribution in [0.15, 0.2) is 60.7 Å². The molecule has 0 aliphatic carbocycles. The van der Waals surface area contributed by atoms with Crippen molar-refractivity contribution >= 4 is 0 Å². The molecule has 2 heterocycles. The zero-order valence-corrected chi connectivity index (χ0v) is 12.3. The topological polar surface area (TPSA) is 27.7 Å². The van der Waals surface area contributed by atoms with Crippen LogP contribution in [0.3, 0.4) is 0 Å². The lowest BCUT2D eigenvalue weighted by Gasteiger charge is -2.34. The van der Waals surface area contributed by atoms with E-state index < -0.39 is 0 Å². The summed E-state index contributed by atoms with van der Waals surface area (Å²) in [5, 5.41) is 0. The van der Waals surface area contributed by atoms with Crippen LogP contribution in [0.1, 0.15) is 11.1 Å². The molecule has 2 atom stereocenters. The normalized spacial score (nSPS) is 22.4. The molecule has 0 N–H and O–H groups in total. The number of hydrogen-bond donors (Lipinski definition) is 0. The van der Waals surface area contributed by atoms with Gasteiger partial charge in [0.05, 0.1) is 6.61 Å². The fourth-order valence-corrected chi connectivity index (χ4v) is 2.89. The van der Waals surface area contributed by atoms with E-state index in [0.717, 1.165) is 23.5 Å². The van der Waals surface area contributed by atoms with E-state index in [1.165, 1.54) is 5.56 Å². The number of ether oxygens (including phenoxy) is 3. The number of rotatable bonds is 3. The van der Waals surface area contributed by atoms with Crippen LogP contribution in [0.2, 0.25) is 0 Å². The van der Waals surface area contributed by atoms with Gasteiger partial charge < -0.3 is 14.2 Å². The first-order valence-electron chi connectivity index (χ1n) is 7.63. The van der Waals surface area contributed by atoms with E-state index in [9.17, 15) is 0 Å². The number of fused-ring (bicyclic) bond motifs is 2. The largest absolute Gasteiger partial charge is 0.489 e. The molecule has 3 heteroatoms. The summed E-state index contributed by atoms with van der Waals surface area (Å²) in [6.45, 7) is 1.24. The van der Waals surface area contributed by atoms with Gasteiger partial charge in [0.1, 0.15) is 30.3 Å². The molecular formula is C19H18O3. The second-order valence-electron chi connectivity index (χ2n) is 5.63. The Labute approximate surface area is 130 Å². The summed E-state index contributed by atoms with van der Waals surface area (Å²) < 4.78 is 17.6. The van der Waals surface area contributed by atoms with Crippen LogP contribution in [0.25, 0.3) is 0 Å². The van der Waals surface area contributed by atoms with E-state index in [2.05, 4.69) is 24.3 Å². The molecule has 0 saturated heterocycles. The van der Waals surface area contributed by atoms with E-state index in [4.69, 9.17) is 14.2 Å². The molecule has 112 valence electrons. The zero-order valence-electron chi connectivity index (χ0n) is 12.3. The van der Waals surface area contributed by atoms with Crippen molar-refractivity contribution in [3.63, 3.8) is 0 Å². The third-order valence-corrected chi connectivity index (χ3v) is 4.07. The van der Waals surface area contributed by atoms with Gasteiger partial charge >= 0.3 is 0 Å². The molecule has 2 aromatic rings. The van der Waals surface area contributed by atoms with Crippen molar-refractivity contribution in [2.45, 2.75) is 25.2 Å². The molecule has 0 unspecified atom stereocenters. The van der Waals surface area contributed by atoms with Crippen molar-refractivity contribution in [3.05, 3.63) is 71.8 Å². The van der Waals surface area contributed by atoms with Crippen LogP contribution in [0, 0.1) is 0 Å². The molecule has 0 radical (unpaired) electrons. The SMILES string of the molecule is C1=C[C@H]2Oc3cc(OCc4ccccc4)ccc3C[C@@H]2OC1. The van der Waals surface area contributed by atoms with Crippen molar-refractivity contribution in [3.8, 4) is 11.5 Å². The Hall–Kier alpha value is -2.26. The Balaban J connectivity index is 1.49. The quantitative estimate of drug-likeness (QED) is 0.811. The molecule has 2 aliphatic heterocycles. The van der Waals surface area contributed by atoms with Crippen molar-refractivity contribution in [2.24, 2.45) is 0 Å². The highest BCUT2D eigenvalue weighted by Crippen LogP contribution is 2.34. The van der Waals surface area contributed by atoms with Crippen LogP contribution in [0.5, 0.6) is 11.5 Å². The van der Waals surface area contributed by atoms with Gasteiger partial charge in [-0.1, -0.05) is 42.5 Å². The van der Waals surface area contributed by atoms with E-state index in [1.54, 1.807) is 0 Å². The summed E-state index contributed by atoms with van der Waals surface area (Å²) in [5.41, 5.74) is 2.34. The Bertz CT molecular complexity index is 678. The maximum atomic E-state index is 6.04. The Kier molecular flexibility index (Phi) is 3.57. The summed E-state index contributed by atoms with van der Waals surface area (Å²) in [6, 6.07) is 16.2. The molecule has 2 aromatic carbocycles. The fourth-order valence-electron chi connectivity index (χ4n) is 2.89. The summed E-state index contributed by atoms with van der Waals surface area (Å²) in [5.74, 6) is 1.74. The Morgan fingerprint density at radius 2 is 2.00 bits per heavy atom. The highest BCUT2D eigenvalue weighted by molar-refractivity contribution is 5.43. The summed E-state index contributed by atoms with van der Waals surface area (Å²) in [7, 11) is 0. The van der Waals surface area contributed by atoms with Gasteiger partial charge in [-0.3, -0.25) is 0 Å². The highest BCUT2D eigenvalue weighted by Gasteiger charge is 2.30. The molecule has 0 saturated carbocycles. The molecule has 2 aliphatic rings. The zero-order chi connectivity index (χ0) is 14.8. The van der Waals surface area contributed by atoms with E-state index in [-0.39, 0.29) is 12.2 Å². The smallest absolute Gasteiger partial charge is 0.143 e. The van der Waals surface area contributed by atoms with Gasteiger partial charge in [0.25, 0.3) is 0 Å². The van der Waals surface area contributed by atoms with Crippen molar-refractivity contribution in [1.29, 1.82) is 0 Å². The van der Waals surface area contributed by atoms with E-state index in [0.29, 0.717) is 13.2 Å². The minimum Gasteiger partial charge on any atom is -0.489 e. The Morgan fingerprint density at radius 1 is 1.09 bits per heavy atom. The highest BCUT2D eigenvalue weighted by atomic mass is 16.5. The average molecular weight is 294 g/mol. The van der Waals surface area contributed by atoms with Gasteiger partial charge in [0.15, 0.2) is 0 Å². The van der Waals surface area contributed by atoms with Crippen LogP contribution < -0.4 is 9.47 Å². The average Bonchev–Trinajstić information content (AvgIpc) is 2.59. The molecule has 0 aromatic heterocycles. The minimum atomic E-state index is 0.0191. The lowest BCUT2D eigenvalue weighted by atomic mass is 9.98. The van der Waals surface area contributed by atoms with Gasteiger partial charge in [-0.25, -0.2) is 0 Å². The van der Waals surface area contributed by atoms with Gasteiger partial charge in [0.2, 0.25) is 0 Å². The third-order valence-electron chi connectivity index (χ3n) is 4.07. The van der Waals surface area contributed by atoms with E-state index in [1.807, 2.05) is 36.4 Å². The van der Waals surface area contributed by atoms with Crippen molar-refractivity contribution in [1.82, 2.24) is 0 Å². The number of hydrogen-bond acceptors (Lipinski definition) is 3. The van der Waals surface area contributed by atoms with Gasteiger partial charge in [0, 0.05) is 12.5 Å². The van der Waals surface area contributed by atoms with Crippen molar-refractivity contribution < 1.29 is 14.2 Å². The lowest BCUT2D eigenvalue weighted by molar-refractivity contribution is -0.0149. The maximum absolute atomic E-state index is 6.04. The molecule has 22 heavy (non-hydrogen) atoms. The molecule has 3 nitrogen and oxygen atoms in total. The van der Waals surface area contributed by atoms with Crippen LogP contribution in [-0.4, -0.2) is 18.8 Å². The van der Waals surface area contributed by atoms with Gasteiger partial charge in [-0.15, -0.1) is 0 Å². The first-order chi connectivity index (χ1) is 10.9. The van der Waals surface area contributed by atoms with Gasteiger partial charge in [-0.2, -0.15) is 0 Å². The third kappa shape index (κ3) is 2.72. The lowest BCUT2D eigenvalue weighted by Crippen LogP contribution is -2.40. The van der Waals surface area contributed by atoms with Crippen LogP contribution in [-0.2, 0) is 17.8 Å². The van der Waals surface area contributed by atoms with Crippen molar-refractivity contribution in [2.75, 3.05) is 6.61 Å². The fraction of sp³-hybridized carbons (Fsp3) is 0.263. The first kappa shape index (κ1) is 13.4.